The summed E-state index contributed by atoms with van der Waals surface area (Å²) < 4.78 is 23.3. The molecule has 2 fully saturated rings. The molecule has 1 aromatic carbocycles. The van der Waals surface area contributed by atoms with Crippen LogP contribution in [0.3, 0.4) is 0 Å². The van der Waals surface area contributed by atoms with Gasteiger partial charge < -0.3 is 10.2 Å². The average Bonchev–Trinajstić information content (AvgIpc) is 3.18. The van der Waals surface area contributed by atoms with Crippen molar-refractivity contribution in [3.05, 3.63) is 35.9 Å². The van der Waals surface area contributed by atoms with Crippen LogP contribution in [0.25, 0.3) is 0 Å². The van der Waals surface area contributed by atoms with E-state index >= 15 is 0 Å². The first-order valence-electron chi connectivity index (χ1n) is 9.24. The van der Waals surface area contributed by atoms with E-state index in [0.29, 0.717) is 24.3 Å². The molecule has 2 atom stereocenters. The van der Waals surface area contributed by atoms with E-state index in [0.717, 1.165) is 31.9 Å². The molecule has 1 N–H and O–H groups in total. The monoisotopic (exact) mass is 363 g/mol. The van der Waals surface area contributed by atoms with Gasteiger partial charge in [0.15, 0.2) is 15.8 Å². The van der Waals surface area contributed by atoms with Crippen LogP contribution in [-0.2, 0) is 9.84 Å². The van der Waals surface area contributed by atoms with Crippen LogP contribution in [0.15, 0.2) is 35.3 Å². The predicted molar refractivity (Wildman–Crippen MR) is 103 cm³/mol. The summed E-state index contributed by atoms with van der Waals surface area (Å²) in [7, 11) is -2.83. The summed E-state index contributed by atoms with van der Waals surface area (Å²) in [5.74, 6) is 2.24. The predicted octanol–water partition coefficient (Wildman–Crippen LogP) is 2.26. The zero-order valence-electron chi connectivity index (χ0n) is 15.2. The van der Waals surface area contributed by atoms with Crippen molar-refractivity contribution in [3.8, 4) is 0 Å². The highest BCUT2D eigenvalue weighted by Gasteiger charge is 2.29. The van der Waals surface area contributed by atoms with E-state index in [2.05, 4.69) is 54.4 Å². The maximum absolute atomic E-state index is 11.6. The summed E-state index contributed by atoms with van der Waals surface area (Å²) in [5, 5.41) is 3.46. The van der Waals surface area contributed by atoms with Crippen molar-refractivity contribution in [1.29, 1.82) is 0 Å². The van der Waals surface area contributed by atoms with E-state index in [1.54, 1.807) is 0 Å². The average molecular weight is 364 g/mol. The Bertz CT molecular complexity index is 701. The highest BCUT2D eigenvalue weighted by Crippen LogP contribution is 2.27. The lowest BCUT2D eigenvalue weighted by atomic mass is 9.99. The van der Waals surface area contributed by atoms with Crippen LogP contribution in [0.1, 0.15) is 38.2 Å². The molecule has 3 rings (SSSR count). The largest absolute Gasteiger partial charge is 0.354 e. The van der Waals surface area contributed by atoms with Crippen molar-refractivity contribution in [2.24, 2.45) is 10.9 Å². The zero-order valence-corrected chi connectivity index (χ0v) is 16.0. The number of rotatable bonds is 4. The molecule has 2 unspecified atom stereocenters. The first kappa shape index (κ1) is 18.2. The Balaban J connectivity index is 1.65. The molecule has 2 heterocycles. The first-order valence-corrected chi connectivity index (χ1v) is 11.1. The van der Waals surface area contributed by atoms with Gasteiger partial charge in [-0.05, 0) is 38.2 Å². The van der Waals surface area contributed by atoms with Crippen LogP contribution >= 0.6 is 0 Å². The molecule has 138 valence electrons. The van der Waals surface area contributed by atoms with Gasteiger partial charge in [-0.2, -0.15) is 0 Å². The third kappa shape index (κ3) is 4.97. The number of guanidine groups is 1. The van der Waals surface area contributed by atoms with Crippen LogP contribution in [0.5, 0.6) is 0 Å². The van der Waals surface area contributed by atoms with E-state index in [9.17, 15) is 8.42 Å². The second-order valence-corrected chi connectivity index (χ2v) is 9.80. The van der Waals surface area contributed by atoms with E-state index < -0.39 is 9.84 Å². The number of aliphatic imine (C=N–C) groups is 1. The molecule has 5 nitrogen and oxygen atoms in total. The molecule has 1 aromatic rings. The Morgan fingerprint density at radius 2 is 2.04 bits per heavy atom. The molecule has 6 heteroatoms. The first-order chi connectivity index (χ1) is 11.9. The highest BCUT2D eigenvalue weighted by atomic mass is 32.2. The van der Waals surface area contributed by atoms with Gasteiger partial charge in [0.05, 0.1) is 11.5 Å². The van der Waals surface area contributed by atoms with Gasteiger partial charge in [-0.3, -0.25) is 4.99 Å². The molecule has 2 aliphatic heterocycles. The maximum atomic E-state index is 11.6. The number of hydrogen-bond donors (Lipinski definition) is 1. The van der Waals surface area contributed by atoms with E-state index in [4.69, 9.17) is 4.99 Å². The Labute approximate surface area is 151 Å². The number of nitrogens with one attached hydrogen (secondary N) is 1. The lowest BCUT2D eigenvalue weighted by Gasteiger charge is -2.24. The van der Waals surface area contributed by atoms with Gasteiger partial charge in [0.25, 0.3) is 0 Å². The van der Waals surface area contributed by atoms with Crippen LogP contribution in [-0.4, -0.2) is 56.5 Å². The van der Waals surface area contributed by atoms with Gasteiger partial charge in [-0.1, -0.05) is 30.3 Å². The summed E-state index contributed by atoms with van der Waals surface area (Å²) in [5.41, 5.74) is 1.38. The second-order valence-electron chi connectivity index (χ2n) is 7.57. The molecular formula is C19H29N3O2S. The van der Waals surface area contributed by atoms with Crippen LogP contribution in [0.4, 0.5) is 0 Å². The highest BCUT2D eigenvalue weighted by molar-refractivity contribution is 7.91. The fourth-order valence-electron chi connectivity index (χ4n) is 3.68. The number of sulfone groups is 1. The summed E-state index contributed by atoms with van der Waals surface area (Å²) in [6, 6.07) is 11.0. The number of likely N-dealkylation sites (tertiary alicyclic amines) is 1. The van der Waals surface area contributed by atoms with Gasteiger partial charge in [-0.25, -0.2) is 8.42 Å². The van der Waals surface area contributed by atoms with Crippen molar-refractivity contribution >= 4 is 15.8 Å². The Morgan fingerprint density at radius 1 is 1.28 bits per heavy atom. The minimum Gasteiger partial charge on any atom is -0.354 e. The van der Waals surface area contributed by atoms with Gasteiger partial charge in [0.2, 0.25) is 0 Å². The standard InChI is InChI=1S/C19H29N3O2S/c1-15(2)21-19(20-12-16-9-11-25(23,24)14-16)22-10-8-18(13-22)17-6-4-3-5-7-17/h3-7,15-16,18H,8-14H2,1-2H3,(H,20,21). The summed E-state index contributed by atoms with van der Waals surface area (Å²) >= 11 is 0. The molecule has 2 saturated heterocycles. The van der Waals surface area contributed by atoms with Crippen molar-refractivity contribution in [2.75, 3.05) is 31.1 Å². The lowest BCUT2D eigenvalue weighted by molar-refractivity contribution is 0.470. The van der Waals surface area contributed by atoms with Gasteiger partial charge >= 0.3 is 0 Å². The molecule has 0 radical (unpaired) electrons. The Hall–Kier alpha value is -1.56. The Kier molecular flexibility index (Phi) is 5.67. The van der Waals surface area contributed by atoms with Crippen LogP contribution in [0.2, 0.25) is 0 Å². The number of nitrogens with zero attached hydrogens (tertiary/aromatic N) is 2. The van der Waals surface area contributed by atoms with Crippen molar-refractivity contribution in [1.82, 2.24) is 10.2 Å². The summed E-state index contributed by atoms with van der Waals surface area (Å²) in [4.78, 5) is 7.11. The molecule has 0 amide bonds. The van der Waals surface area contributed by atoms with E-state index in [1.807, 2.05) is 0 Å². The molecule has 2 aliphatic rings. The van der Waals surface area contributed by atoms with Crippen LogP contribution in [0, 0.1) is 5.92 Å². The van der Waals surface area contributed by atoms with Gasteiger partial charge in [-0.15, -0.1) is 0 Å². The summed E-state index contributed by atoms with van der Waals surface area (Å²) in [6.07, 6.45) is 1.87. The minimum atomic E-state index is -2.83. The second kappa shape index (κ2) is 7.77. The van der Waals surface area contributed by atoms with Crippen LogP contribution < -0.4 is 5.32 Å². The maximum Gasteiger partial charge on any atom is 0.194 e. The van der Waals surface area contributed by atoms with Gasteiger partial charge in [0.1, 0.15) is 0 Å². The number of hydrogen-bond acceptors (Lipinski definition) is 3. The quantitative estimate of drug-likeness (QED) is 0.658. The van der Waals surface area contributed by atoms with E-state index in [-0.39, 0.29) is 11.7 Å². The fraction of sp³-hybridized carbons (Fsp3) is 0.632. The SMILES string of the molecule is CC(C)NC(=NCC1CCS(=O)(=O)C1)N1CCC(c2ccccc2)C1. The Morgan fingerprint density at radius 3 is 2.68 bits per heavy atom. The third-order valence-corrected chi connectivity index (χ3v) is 6.84. The fourth-order valence-corrected chi connectivity index (χ4v) is 5.53. The van der Waals surface area contributed by atoms with Gasteiger partial charge in [0, 0.05) is 31.6 Å². The van der Waals surface area contributed by atoms with Crippen molar-refractivity contribution in [2.45, 2.75) is 38.6 Å². The smallest absolute Gasteiger partial charge is 0.194 e. The minimum absolute atomic E-state index is 0.168. The topological polar surface area (TPSA) is 61.8 Å². The molecule has 0 aliphatic carbocycles. The molecule has 0 spiro atoms. The normalized spacial score (nSPS) is 26.4. The van der Waals surface area contributed by atoms with E-state index in [1.165, 1.54) is 5.56 Å². The molecule has 0 bridgehead atoms. The molecule has 0 aromatic heterocycles. The third-order valence-electron chi connectivity index (χ3n) is 5.00. The molecule has 0 saturated carbocycles. The van der Waals surface area contributed by atoms with Crippen molar-refractivity contribution in [3.63, 3.8) is 0 Å². The molecule has 25 heavy (non-hydrogen) atoms. The van der Waals surface area contributed by atoms with Crippen molar-refractivity contribution < 1.29 is 8.42 Å². The summed E-state index contributed by atoms with van der Waals surface area (Å²) in [6.45, 7) is 6.77. The molecular weight excluding hydrogens is 334 g/mol. The lowest BCUT2D eigenvalue weighted by Crippen LogP contribution is -2.43. The zero-order chi connectivity index (χ0) is 17.9. The number of benzene rings is 1.